The second kappa shape index (κ2) is 5.25. The average molecular weight is 274 g/mol. The van der Waals surface area contributed by atoms with E-state index in [1.165, 1.54) is 0 Å². The number of rotatable bonds is 3. The first-order valence-electron chi connectivity index (χ1n) is 6.98. The largest absolute Gasteiger partial charge is 0.390 e. The molecule has 1 aromatic rings. The van der Waals surface area contributed by atoms with Crippen molar-refractivity contribution in [1.82, 2.24) is 10.2 Å². The monoisotopic (exact) mass is 274 g/mol. The first kappa shape index (κ1) is 13.1. The van der Waals surface area contributed by atoms with Gasteiger partial charge >= 0.3 is 0 Å². The quantitative estimate of drug-likeness (QED) is 0.837. The van der Waals surface area contributed by atoms with Crippen molar-refractivity contribution in [2.45, 2.75) is 31.4 Å². The van der Waals surface area contributed by atoms with E-state index in [0.29, 0.717) is 19.4 Å². The topological polar surface area (TPSA) is 69.6 Å². The molecule has 3 rings (SSSR count). The van der Waals surface area contributed by atoms with Crippen molar-refractivity contribution in [3.05, 3.63) is 35.4 Å². The van der Waals surface area contributed by atoms with Crippen LogP contribution in [-0.2, 0) is 16.0 Å². The maximum Gasteiger partial charge on any atom is 0.240 e. The molecule has 1 fully saturated rings. The number of carbonyl (C=O) groups is 2. The van der Waals surface area contributed by atoms with Gasteiger partial charge in [0.25, 0.3) is 0 Å². The van der Waals surface area contributed by atoms with E-state index in [-0.39, 0.29) is 24.4 Å². The van der Waals surface area contributed by atoms with Gasteiger partial charge in [-0.25, -0.2) is 0 Å². The average Bonchev–Trinajstić information content (AvgIpc) is 2.95. The summed E-state index contributed by atoms with van der Waals surface area (Å²) in [4.78, 5) is 25.1. The van der Waals surface area contributed by atoms with Gasteiger partial charge in [0.2, 0.25) is 11.8 Å². The highest BCUT2D eigenvalue weighted by Crippen LogP contribution is 2.31. The molecule has 0 aromatic heterocycles. The predicted octanol–water partition coefficient (Wildman–Crippen LogP) is 0.383. The van der Waals surface area contributed by atoms with Crippen LogP contribution < -0.4 is 5.32 Å². The minimum Gasteiger partial charge on any atom is -0.390 e. The summed E-state index contributed by atoms with van der Waals surface area (Å²) >= 11 is 0. The van der Waals surface area contributed by atoms with Crippen LogP contribution in [0.15, 0.2) is 24.3 Å². The minimum atomic E-state index is -0.592. The van der Waals surface area contributed by atoms with E-state index in [9.17, 15) is 14.7 Å². The fourth-order valence-electron chi connectivity index (χ4n) is 3.01. The number of nitrogens with one attached hydrogen (secondary N) is 1. The van der Waals surface area contributed by atoms with Crippen molar-refractivity contribution in [3.8, 4) is 0 Å². The van der Waals surface area contributed by atoms with Crippen LogP contribution in [-0.4, -0.2) is 41.0 Å². The van der Waals surface area contributed by atoms with Crippen molar-refractivity contribution in [2.75, 3.05) is 13.1 Å². The van der Waals surface area contributed by atoms with Crippen LogP contribution in [0.2, 0.25) is 0 Å². The molecule has 20 heavy (non-hydrogen) atoms. The van der Waals surface area contributed by atoms with E-state index in [0.717, 1.165) is 17.5 Å². The lowest BCUT2D eigenvalue weighted by molar-refractivity contribution is -0.133. The number of benzene rings is 1. The maximum atomic E-state index is 12.0. The molecular weight excluding hydrogens is 256 g/mol. The molecule has 1 aliphatic carbocycles. The minimum absolute atomic E-state index is 0.0347. The highest BCUT2D eigenvalue weighted by atomic mass is 16.3. The molecule has 2 unspecified atom stereocenters. The summed E-state index contributed by atoms with van der Waals surface area (Å²) in [6.07, 6.45) is 1.32. The Morgan fingerprint density at radius 2 is 2.20 bits per heavy atom. The number of aliphatic hydroxyl groups is 1. The van der Waals surface area contributed by atoms with E-state index in [2.05, 4.69) is 5.32 Å². The molecule has 0 spiro atoms. The number of hydrogen-bond acceptors (Lipinski definition) is 3. The van der Waals surface area contributed by atoms with Crippen molar-refractivity contribution in [3.63, 3.8) is 0 Å². The summed E-state index contributed by atoms with van der Waals surface area (Å²) in [5.41, 5.74) is 2.05. The van der Waals surface area contributed by atoms with Gasteiger partial charge in [-0.3, -0.25) is 9.59 Å². The van der Waals surface area contributed by atoms with Crippen LogP contribution in [0.5, 0.6) is 0 Å². The van der Waals surface area contributed by atoms with Gasteiger partial charge in [-0.15, -0.1) is 0 Å². The van der Waals surface area contributed by atoms with Crippen molar-refractivity contribution in [1.29, 1.82) is 0 Å². The SMILES string of the molecule is O=C(CN1CCCC1=O)NC1c2ccccc2CC1O. The number of likely N-dealkylation sites (tertiary alicyclic amines) is 1. The van der Waals surface area contributed by atoms with Crippen LogP contribution in [0.1, 0.15) is 30.0 Å². The zero-order chi connectivity index (χ0) is 14.1. The summed E-state index contributed by atoms with van der Waals surface area (Å²) < 4.78 is 0. The predicted molar refractivity (Wildman–Crippen MR) is 72.9 cm³/mol. The van der Waals surface area contributed by atoms with Gasteiger partial charge in [-0.1, -0.05) is 24.3 Å². The Hall–Kier alpha value is -1.88. The molecule has 2 aliphatic rings. The Balaban J connectivity index is 1.65. The van der Waals surface area contributed by atoms with Gasteiger partial charge in [-0.2, -0.15) is 0 Å². The molecular formula is C15H18N2O3. The van der Waals surface area contributed by atoms with Crippen LogP contribution in [0.25, 0.3) is 0 Å². The zero-order valence-electron chi connectivity index (χ0n) is 11.2. The van der Waals surface area contributed by atoms with Gasteiger partial charge in [0.1, 0.15) is 0 Å². The van der Waals surface area contributed by atoms with Crippen LogP contribution in [0, 0.1) is 0 Å². The molecule has 5 nitrogen and oxygen atoms in total. The summed E-state index contributed by atoms with van der Waals surface area (Å²) in [6.45, 7) is 0.736. The summed E-state index contributed by atoms with van der Waals surface area (Å²) in [5.74, 6) is -0.173. The Bertz CT molecular complexity index is 544. The number of nitrogens with zero attached hydrogens (tertiary/aromatic N) is 1. The fourth-order valence-corrected chi connectivity index (χ4v) is 3.01. The second-order valence-corrected chi connectivity index (χ2v) is 5.43. The van der Waals surface area contributed by atoms with E-state index in [4.69, 9.17) is 0 Å². The number of amides is 2. The Kier molecular flexibility index (Phi) is 3.44. The van der Waals surface area contributed by atoms with Crippen LogP contribution in [0.4, 0.5) is 0 Å². The van der Waals surface area contributed by atoms with E-state index < -0.39 is 6.10 Å². The summed E-state index contributed by atoms with van der Waals surface area (Å²) in [7, 11) is 0. The number of aliphatic hydroxyl groups excluding tert-OH is 1. The maximum absolute atomic E-state index is 12.0. The molecule has 5 heteroatoms. The molecule has 0 bridgehead atoms. The summed E-state index contributed by atoms with van der Waals surface area (Å²) in [5, 5.41) is 12.9. The molecule has 1 aromatic carbocycles. The lowest BCUT2D eigenvalue weighted by Gasteiger charge is -2.20. The molecule has 2 N–H and O–H groups in total. The number of carbonyl (C=O) groups excluding carboxylic acids is 2. The van der Waals surface area contributed by atoms with E-state index in [1.807, 2.05) is 24.3 Å². The molecule has 0 saturated carbocycles. The van der Waals surface area contributed by atoms with Crippen molar-refractivity contribution in [2.24, 2.45) is 0 Å². The number of hydrogen-bond donors (Lipinski definition) is 2. The summed E-state index contributed by atoms with van der Waals surface area (Å²) in [6, 6.07) is 7.36. The van der Waals surface area contributed by atoms with Crippen LogP contribution >= 0.6 is 0 Å². The third-order valence-electron chi connectivity index (χ3n) is 4.03. The smallest absolute Gasteiger partial charge is 0.240 e. The van der Waals surface area contributed by atoms with Gasteiger partial charge < -0.3 is 15.3 Å². The molecule has 2 atom stereocenters. The van der Waals surface area contributed by atoms with Crippen LogP contribution in [0.3, 0.4) is 0 Å². The van der Waals surface area contributed by atoms with Crippen molar-refractivity contribution < 1.29 is 14.7 Å². The Morgan fingerprint density at radius 3 is 2.95 bits per heavy atom. The third kappa shape index (κ3) is 2.41. The van der Waals surface area contributed by atoms with E-state index in [1.54, 1.807) is 4.90 Å². The first-order chi connectivity index (χ1) is 9.65. The normalized spacial score (nSPS) is 24.9. The Labute approximate surface area is 117 Å². The molecule has 1 saturated heterocycles. The zero-order valence-corrected chi connectivity index (χ0v) is 11.2. The molecule has 0 radical (unpaired) electrons. The lowest BCUT2D eigenvalue weighted by Crippen LogP contribution is -2.41. The van der Waals surface area contributed by atoms with Crippen molar-refractivity contribution >= 4 is 11.8 Å². The molecule has 2 amide bonds. The third-order valence-corrected chi connectivity index (χ3v) is 4.03. The Morgan fingerprint density at radius 1 is 1.40 bits per heavy atom. The van der Waals surface area contributed by atoms with Gasteiger partial charge in [-0.05, 0) is 17.5 Å². The molecule has 1 heterocycles. The number of fused-ring (bicyclic) bond motifs is 1. The fraction of sp³-hybridized carbons (Fsp3) is 0.467. The second-order valence-electron chi connectivity index (χ2n) is 5.43. The van der Waals surface area contributed by atoms with E-state index >= 15 is 0 Å². The first-order valence-corrected chi connectivity index (χ1v) is 6.98. The molecule has 1 aliphatic heterocycles. The highest BCUT2D eigenvalue weighted by molar-refractivity contribution is 5.86. The van der Waals surface area contributed by atoms with Gasteiger partial charge in [0.15, 0.2) is 0 Å². The lowest BCUT2D eigenvalue weighted by atomic mass is 10.1. The van der Waals surface area contributed by atoms with Gasteiger partial charge in [0, 0.05) is 19.4 Å². The molecule has 106 valence electrons. The highest BCUT2D eigenvalue weighted by Gasteiger charge is 2.32. The standard InChI is InChI=1S/C15H18N2O3/c18-12-8-10-4-1-2-5-11(10)15(12)16-13(19)9-17-7-3-6-14(17)20/h1-2,4-5,12,15,18H,3,6-9H2,(H,16,19). The van der Waals surface area contributed by atoms with Gasteiger partial charge in [0.05, 0.1) is 18.7 Å².